The largest absolute Gasteiger partial charge is 0.385 e. The predicted octanol–water partition coefficient (Wildman–Crippen LogP) is 3.16. The van der Waals surface area contributed by atoms with Gasteiger partial charge in [0.05, 0.1) is 5.52 Å². The van der Waals surface area contributed by atoms with Crippen LogP contribution in [-0.2, 0) is 0 Å². The average Bonchev–Trinajstić information content (AvgIpc) is 2.46. The van der Waals surface area contributed by atoms with Crippen LogP contribution < -0.4 is 11.1 Å². The van der Waals surface area contributed by atoms with Crippen molar-refractivity contribution < 1.29 is 0 Å². The fourth-order valence-electron chi connectivity index (χ4n) is 2.84. The lowest BCUT2D eigenvalue weighted by Crippen LogP contribution is -2.29. The van der Waals surface area contributed by atoms with Crippen LogP contribution in [0.4, 0.5) is 5.69 Å². The molecule has 19 heavy (non-hydrogen) atoms. The van der Waals surface area contributed by atoms with Gasteiger partial charge in [0.25, 0.3) is 0 Å². The molecule has 1 fully saturated rings. The maximum Gasteiger partial charge on any atom is 0.0703 e. The van der Waals surface area contributed by atoms with Crippen LogP contribution in [0.3, 0.4) is 0 Å². The van der Waals surface area contributed by atoms with Crippen LogP contribution in [0, 0.1) is 5.92 Å². The Labute approximate surface area is 114 Å². The number of pyridine rings is 1. The highest BCUT2D eigenvalue weighted by molar-refractivity contribution is 5.82. The molecule has 1 heterocycles. The lowest BCUT2D eigenvalue weighted by Gasteiger charge is -2.26. The van der Waals surface area contributed by atoms with Crippen molar-refractivity contribution in [3.63, 3.8) is 0 Å². The molecule has 1 aliphatic rings. The van der Waals surface area contributed by atoms with Crippen LogP contribution in [0.2, 0.25) is 0 Å². The third-order valence-electron chi connectivity index (χ3n) is 4.09. The Kier molecular flexibility index (Phi) is 3.65. The molecule has 0 saturated heterocycles. The van der Waals surface area contributed by atoms with Gasteiger partial charge in [-0.05, 0) is 55.9 Å². The van der Waals surface area contributed by atoms with Crippen molar-refractivity contribution in [1.29, 1.82) is 0 Å². The third-order valence-corrected chi connectivity index (χ3v) is 4.09. The summed E-state index contributed by atoms with van der Waals surface area (Å²) < 4.78 is 0. The van der Waals surface area contributed by atoms with Crippen molar-refractivity contribution in [2.24, 2.45) is 11.7 Å². The molecular formula is C16H21N3. The highest BCUT2D eigenvalue weighted by atomic mass is 14.9. The lowest BCUT2D eigenvalue weighted by atomic mass is 9.86. The number of nitrogens with one attached hydrogen (secondary N) is 1. The molecule has 2 aromatic rings. The van der Waals surface area contributed by atoms with Crippen LogP contribution in [0.5, 0.6) is 0 Å². The number of rotatable bonds is 3. The maximum atomic E-state index is 5.94. The van der Waals surface area contributed by atoms with Gasteiger partial charge in [-0.3, -0.25) is 4.98 Å². The van der Waals surface area contributed by atoms with Gasteiger partial charge in [-0.15, -0.1) is 0 Å². The summed E-state index contributed by atoms with van der Waals surface area (Å²) in [5.41, 5.74) is 8.18. The van der Waals surface area contributed by atoms with Crippen molar-refractivity contribution in [2.75, 3.05) is 11.9 Å². The van der Waals surface area contributed by atoms with E-state index in [0.29, 0.717) is 6.04 Å². The van der Waals surface area contributed by atoms with E-state index >= 15 is 0 Å². The minimum absolute atomic E-state index is 0.433. The van der Waals surface area contributed by atoms with Crippen LogP contribution in [-0.4, -0.2) is 17.6 Å². The van der Waals surface area contributed by atoms with Crippen molar-refractivity contribution >= 4 is 16.6 Å². The zero-order chi connectivity index (χ0) is 13.1. The van der Waals surface area contributed by atoms with Gasteiger partial charge in [0.1, 0.15) is 0 Å². The number of anilines is 1. The first kappa shape index (κ1) is 12.4. The first-order chi connectivity index (χ1) is 9.31. The van der Waals surface area contributed by atoms with Gasteiger partial charge < -0.3 is 11.1 Å². The van der Waals surface area contributed by atoms with E-state index in [4.69, 9.17) is 5.73 Å². The molecule has 3 N–H and O–H groups in total. The Morgan fingerprint density at radius 3 is 2.84 bits per heavy atom. The summed E-state index contributed by atoms with van der Waals surface area (Å²) in [5.74, 6) is 0.768. The number of aromatic nitrogens is 1. The SMILES string of the molecule is NC1CCC(CNc2ccc3ncccc3c2)CC1. The zero-order valence-corrected chi connectivity index (χ0v) is 11.2. The average molecular weight is 255 g/mol. The molecule has 100 valence electrons. The van der Waals surface area contributed by atoms with E-state index in [2.05, 4.69) is 34.6 Å². The molecule has 1 aliphatic carbocycles. The van der Waals surface area contributed by atoms with Gasteiger partial charge in [-0.25, -0.2) is 0 Å². The monoisotopic (exact) mass is 255 g/mol. The van der Waals surface area contributed by atoms with Crippen molar-refractivity contribution in [3.8, 4) is 0 Å². The van der Waals surface area contributed by atoms with Gasteiger partial charge in [-0.2, -0.15) is 0 Å². The molecule has 1 aromatic heterocycles. The van der Waals surface area contributed by atoms with E-state index in [-0.39, 0.29) is 0 Å². The predicted molar refractivity (Wildman–Crippen MR) is 80.2 cm³/mol. The number of benzene rings is 1. The van der Waals surface area contributed by atoms with Gasteiger partial charge in [-0.1, -0.05) is 6.07 Å². The van der Waals surface area contributed by atoms with Crippen LogP contribution in [0.15, 0.2) is 36.5 Å². The maximum absolute atomic E-state index is 5.94. The second kappa shape index (κ2) is 5.57. The van der Waals surface area contributed by atoms with E-state index in [1.54, 1.807) is 0 Å². The number of hydrogen-bond donors (Lipinski definition) is 2. The van der Waals surface area contributed by atoms with E-state index in [1.165, 1.54) is 36.8 Å². The van der Waals surface area contributed by atoms with E-state index in [1.807, 2.05) is 12.3 Å². The summed E-state index contributed by atoms with van der Waals surface area (Å²) in [5, 5.41) is 4.75. The highest BCUT2D eigenvalue weighted by Gasteiger charge is 2.17. The number of nitrogens with two attached hydrogens (primary N) is 1. The van der Waals surface area contributed by atoms with Crippen LogP contribution >= 0.6 is 0 Å². The third kappa shape index (κ3) is 3.04. The Bertz CT molecular complexity index is 544. The fraction of sp³-hybridized carbons (Fsp3) is 0.438. The van der Waals surface area contributed by atoms with Gasteiger partial charge in [0.15, 0.2) is 0 Å². The molecule has 1 aromatic carbocycles. The highest BCUT2D eigenvalue weighted by Crippen LogP contribution is 2.24. The molecule has 3 nitrogen and oxygen atoms in total. The normalized spacial score (nSPS) is 23.4. The minimum Gasteiger partial charge on any atom is -0.385 e. The first-order valence-corrected chi connectivity index (χ1v) is 7.15. The molecule has 3 rings (SSSR count). The van der Waals surface area contributed by atoms with Crippen molar-refractivity contribution in [1.82, 2.24) is 4.98 Å². The quantitative estimate of drug-likeness (QED) is 0.885. The number of hydrogen-bond acceptors (Lipinski definition) is 3. The first-order valence-electron chi connectivity index (χ1n) is 7.15. The summed E-state index contributed by atoms with van der Waals surface area (Å²) in [6.07, 6.45) is 6.69. The second-order valence-corrected chi connectivity index (χ2v) is 5.57. The van der Waals surface area contributed by atoms with Crippen LogP contribution in [0.1, 0.15) is 25.7 Å². The molecule has 0 aliphatic heterocycles. The number of nitrogens with zero attached hydrogens (tertiary/aromatic N) is 1. The molecule has 3 heteroatoms. The van der Waals surface area contributed by atoms with Gasteiger partial charge >= 0.3 is 0 Å². The standard InChI is InChI=1S/C16H21N3/c17-14-5-3-12(4-6-14)11-19-15-7-8-16-13(10-15)2-1-9-18-16/h1-2,7-10,12,14,19H,3-6,11,17H2. The molecule has 1 saturated carbocycles. The summed E-state index contributed by atoms with van der Waals surface area (Å²) >= 11 is 0. The minimum atomic E-state index is 0.433. The summed E-state index contributed by atoms with van der Waals surface area (Å²) in [4.78, 5) is 4.34. The van der Waals surface area contributed by atoms with Crippen molar-refractivity contribution in [3.05, 3.63) is 36.5 Å². The van der Waals surface area contributed by atoms with E-state index in [0.717, 1.165) is 18.0 Å². The van der Waals surface area contributed by atoms with Gasteiger partial charge in [0, 0.05) is 29.9 Å². The molecule has 0 bridgehead atoms. The Hall–Kier alpha value is -1.61. The van der Waals surface area contributed by atoms with Gasteiger partial charge in [0.2, 0.25) is 0 Å². The van der Waals surface area contributed by atoms with Crippen molar-refractivity contribution in [2.45, 2.75) is 31.7 Å². The second-order valence-electron chi connectivity index (χ2n) is 5.57. The lowest BCUT2D eigenvalue weighted by molar-refractivity contribution is 0.339. The van der Waals surface area contributed by atoms with E-state index < -0.39 is 0 Å². The molecule has 0 amide bonds. The molecule has 0 spiro atoms. The molecule has 0 radical (unpaired) electrons. The molecule has 0 unspecified atom stereocenters. The van der Waals surface area contributed by atoms with Crippen LogP contribution in [0.25, 0.3) is 10.9 Å². The zero-order valence-electron chi connectivity index (χ0n) is 11.2. The number of fused-ring (bicyclic) bond motifs is 1. The Morgan fingerprint density at radius 1 is 1.16 bits per heavy atom. The van der Waals surface area contributed by atoms with E-state index in [9.17, 15) is 0 Å². The smallest absolute Gasteiger partial charge is 0.0703 e. The molecule has 0 atom stereocenters. The Morgan fingerprint density at radius 2 is 2.00 bits per heavy atom. The summed E-state index contributed by atoms with van der Waals surface area (Å²) in [6, 6.07) is 10.9. The topological polar surface area (TPSA) is 50.9 Å². The fourth-order valence-corrected chi connectivity index (χ4v) is 2.84. The Balaban J connectivity index is 1.62. The molecular weight excluding hydrogens is 234 g/mol. The summed E-state index contributed by atoms with van der Waals surface area (Å²) in [6.45, 7) is 1.05. The summed E-state index contributed by atoms with van der Waals surface area (Å²) in [7, 11) is 0.